The van der Waals surface area contributed by atoms with Crippen LogP contribution in [0.1, 0.15) is 22.3 Å². The highest BCUT2D eigenvalue weighted by molar-refractivity contribution is 5.95. The summed E-state index contributed by atoms with van der Waals surface area (Å²) in [6, 6.07) is 14.7. The van der Waals surface area contributed by atoms with Crippen LogP contribution in [0.2, 0.25) is 0 Å². The van der Waals surface area contributed by atoms with Crippen LogP contribution in [0.3, 0.4) is 0 Å². The maximum absolute atomic E-state index is 12.0. The Balaban J connectivity index is 1.77. The molecule has 0 radical (unpaired) electrons. The summed E-state index contributed by atoms with van der Waals surface area (Å²) >= 11 is 0. The highest BCUT2D eigenvalue weighted by Gasteiger charge is 2.06. The van der Waals surface area contributed by atoms with Gasteiger partial charge in [-0.15, -0.1) is 0 Å². The third-order valence-corrected chi connectivity index (χ3v) is 3.71. The number of amides is 2. The van der Waals surface area contributed by atoms with E-state index in [2.05, 4.69) is 16.0 Å². The van der Waals surface area contributed by atoms with Crippen molar-refractivity contribution in [2.24, 2.45) is 0 Å². The van der Waals surface area contributed by atoms with Crippen LogP contribution >= 0.6 is 0 Å². The van der Waals surface area contributed by atoms with E-state index >= 15 is 0 Å². The van der Waals surface area contributed by atoms with Crippen molar-refractivity contribution in [1.29, 1.82) is 0 Å². The number of aryl methyl sites for hydroxylation is 1. The molecular formula is C20H25N3O3. The molecule has 0 unspecified atom stereocenters. The molecule has 0 aliphatic heterocycles. The topological polar surface area (TPSA) is 79.5 Å². The molecule has 0 saturated carbocycles. The highest BCUT2D eigenvalue weighted by Crippen LogP contribution is 2.11. The quantitative estimate of drug-likeness (QED) is 0.604. The molecule has 138 valence electrons. The van der Waals surface area contributed by atoms with E-state index in [0.29, 0.717) is 18.7 Å². The van der Waals surface area contributed by atoms with E-state index in [-0.39, 0.29) is 18.4 Å². The second-order valence-corrected chi connectivity index (χ2v) is 5.95. The summed E-state index contributed by atoms with van der Waals surface area (Å²) in [5, 5.41) is 8.72. The fourth-order valence-electron chi connectivity index (χ4n) is 2.37. The van der Waals surface area contributed by atoms with E-state index in [1.807, 2.05) is 31.2 Å². The summed E-state index contributed by atoms with van der Waals surface area (Å²) in [7, 11) is 1.63. The molecule has 3 N–H and O–H groups in total. The van der Waals surface area contributed by atoms with E-state index in [0.717, 1.165) is 23.4 Å². The number of nitrogens with one attached hydrogen (secondary N) is 3. The number of rotatable bonds is 9. The van der Waals surface area contributed by atoms with Crippen LogP contribution in [0, 0.1) is 6.92 Å². The van der Waals surface area contributed by atoms with Gasteiger partial charge in [0.1, 0.15) is 0 Å². The summed E-state index contributed by atoms with van der Waals surface area (Å²) in [6.07, 6.45) is 0.776. The Bertz CT molecular complexity index is 729. The zero-order chi connectivity index (χ0) is 18.8. The predicted octanol–water partition coefficient (Wildman–Crippen LogP) is 2.81. The minimum atomic E-state index is -0.129. The van der Waals surface area contributed by atoms with Gasteiger partial charge in [-0.1, -0.05) is 12.1 Å². The molecule has 26 heavy (non-hydrogen) atoms. The van der Waals surface area contributed by atoms with Gasteiger partial charge in [0.15, 0.2) is 0 Å². The first kappa shape index (κ1) is 19.5. The molecule has 2 aromatic rings. The maximum atomic E-state index is 12.0. The van der Waals surface area contributed by atoms with Crippen LogP contribution in [0.4, 0.5) is 11.4 Å². The predicted molar refractivity (Wildman–Crippen MR) is 104 cm³/mol. The Morgan fingerprint density at radius 2 is 1.81 bits per heavy atom. The lowest BCUT2D eigenvalue weighted by molar-refractivity contribution is -0.114. The van der Waals surface area contributed by atoms with Crippen molar-refractivity contribution in [3.05, 3.63) is 59.7 Å². The van der Waals surface area contributed by atoms with Gasteiger partial charge < -0.3 is 20.7 Å². The lowest BCUT2D eigenvalue weighted by Gasteiger charge is -2.09. The zero-order valence-corrected chi connectivity index (χ0v) is 15.2. The van der Waals surface area contributed by atoms with Crippen LogP contribution in [0.25, 0.3) is 0 Å². The third kappa shape index (κ3) is 6.57. The number of carbonyl (C=O) groups is 2. The molecule has 0 aromatic heterocycles. The van der Waals surface area contributed by atoms with Gasteiger partial charge in [0.2, 0.25) is 5.91 Å². The summed E-state index contributed by atoms with van der Waals surface area (Å²) < 4.78 is 4.94. The lowest BCUT2D eigenvalue weighted by atomic mass is 10.2. The van der Waals surface area contributed by atoms with Crippen LogP contribution in [-0.2, 0) is 9.53 Å². The average Bonchev–Trinajstić information content (AvgIpc) is 2.64. The second kappa shape index (κ2) is 10.2. The summed E-state index contributed by atoms with van der Waals surface area (Å²) in [6.45, 7) is 3.32. The van der Waals surface area contributed by atoms with Gasteiger partial charge in [-0.3, -0.25) is 9.59 Å². The van der Waals surface area contributed by atoms with Crippen molar-refractivity contribution in [2.75, 3.05) is 37.4 Å². The standard InChI is InChI=1S/C20H25N3O3/c1-15-5-3-6-18(13-15)23-19(24)14-22-17-9-7-16(8-10-17)20(25)21-11-4-12-26-2/h3,5-10,13,22H,4,11-12,14H2,1-2H3,(H,21,25)(H,23,24). The average molecular weight is 355 g/mol. The van der Waals surface area contributed by atoms with Crippen molar-refractivity contribution in [2.45, 2.75) is 13.3 Å². The van der Waals surface area contributed by atoms with E-state index in [9.17, 15) is 9.59 Å². The molecule has 0 heterocycles. The summed E-state index contributed by atoms with van der Waals surface area (Å²) in [5.41, 5.74) is 3.22. The van der Waals surface area contributed by atoms with Crippen LogP contribution in [0.5, 0.6) is 0 Å². The highest BCUT2D eigenvalue weighted by atomic mass is 16.5. The van der Waals surface area contributed by atoms with E-state index in [1.54, 1.807) is 31.4 Å². The number of hydrogen-bond donors (Lipinski definition) is 3. The fraction of sp³-hybridized carbons (Fsp3) is 0.300. The van der Waals surface area contributed by atoms with Gasteiger partial charge in [0.25, 0.3) is 5.91 Å². The Labute approximate surface area is 153 Å². The normalized spacial score (nSPS) is 10.2. The molecule has 6 nitrogen and oxygen atoms in total. The van der Waals surface area contributed by atoms with Crippen LogP contribution < -0.4 is 16.0 Å². The summed E-state index contributed by atoms with van der Waals surface area (Å²) in [5.74, 6) is -0.250. The number of benzene rings is 2. The largest absolute Gasteiger partial charge is 0.385 e. The molecule has 0 bridgehead atoms. The number of carbonyl (C=O) groups excluding carboxylic acids is 2. The van der Waals surface area contributed by atoms with Gasteiger partial charge in [0.05, 0.1) is 6.54 Å². The molecule has 0 spiro atoms. The molecule has 0 atom stereocenters. The first-order chi connectivity index (χ1) is 12.6. The Morgan fingerprint density at radius 3 is 2.50 bits per heavy atom. The number of anilines is 2. The molecular weight excluding hydrogens is 330 g/mol. The Hall–Kier alpha value is -2.86. The number of ether oxygens (including phenoxy) is 1. The van der Waals surface area contributed by atoms with Crippen LogP contribution in [-0.4, -0.2) is 38.6 Å². The van der Waals surface area contributed by atoms with Gasteiger partial charge >= 0.3 is 0 Å². The monoisotopic (exact) mass is 355 g/mol. The third-order valence-electron chi connectivity index (χ3n) is 3.71. The van der Waals surface area contributed by atoms with Crippen molar-refractivity contribution < 1.29 is 14.3 Å². The molecule has 2 rings (SSSR count). The molecule has 2 aromatic carbocycles. The number of hydrogen-bond acceptors (Lipinski definition) is 4. The maximum Gasteiger partial charge on any atom is 0.251 e. The Morgan fingerprint density at radius 1 is 1.04 bits per heavy atom. The minimum absolute atomic E-state index is 0.121. The van der Waals surface area contributed by atoms with Crippen molar-refractivity contribution >= 4 is 23.2 Å². The smallest absolute Gasteiger partial charge is 0.251 e. The molecule has 0 aliphatic rings. The second-order valence-electron chi connectivity index (χ2n) is 5.95. The Kier molecular flexibility index (Phi) is 7.64. The van der Waals surface area contributed by atoms with Gasteiger partial charge in [-0.05, 0) is 55.3 Å². The zero-order valence-electron chi connectivity index (χ0n) is 15.2. The first-order valence-electron chi connectivity index (χ1n) is 8.56. The SMILES string of the molecule is COCCCNC(=O)c1ccc(NCC(=O)Nc2cccc(C)c2)cc1. The van der Waals surface area contributed by atoms with Crippen LogP contribution in [0.15, 0.2) is 48.5 Å². The van der Waals surface area contributed by atoms with E-state index in [1.165, 1.54) is 0 Å². The van der Waals surface area contributed by atoms with Crippen molar-refractivity contribution in [1.82, 2.24) is 5.32 Å². The minimum Gasteiger partial charge on any atom is -0.385 e. The van der Waals surface area contributed by atoms with Crippen molar-refractivity contribution in [3.8, 4) is 0 Å². The molecule has 0 fully saturated rings. The van der Waals surface area contributed by atoms with E-state index < -0.39 is 0 Å². The van der Waals surface area contributed by atoms with Gasteiger partial charge in [-0.25, -0.2) is 0 Å². The molecule has 0 saturated heterocycles. The first-order valence-corrected chi connectivity index (χ1v) is 8.56. The van der Waals surface area contributed by atoms with Crippen molar-refractivity contribution in [3.63, 3.8) is 0 Å². The summed E-state index contributed by atoms with van der Waals surface area (Å²) in [4.78, 5) is 24.0. The number of methoxy groups -OCH3 is 1. The van der Waals surface area contributed by atoms with Gasteiger partial charge in [0, 0.05) is 37.2 Å². The molecule has 6 heteroatoms. The van der Waals surface area contributed by atoms with E-state index in [4.69, 9.17) is 4.74 Å². The molecule has 2 amide bonds. The fourth-order valence-corrected chi connectivity index (χ4v) is 2.37. The van der Waals surface area contributed by atoms with Gasteiger partial charge in [-0.2, -0.15) is 0 Å². The lowest BCUT2D eigenvalue weighted by Crippen LogP contribution is -2.25. The molecule has 0 aliphatic carbocycles.